The molecule has 0 unspecified atom stereocenters. The SMILES string of the molecule is O=c1c2ccc(F)cc2ncn1Cc1ccn(-c2ccccc2)n1. The zero-order valence-electron chi connectivity index (χ0n) is 12.6. The van der Waals surface area contributed by atoms with E-state index in [9.17, 15) is 9.18 Å². The molecule has 0 atom stereocenters. The third-order valence-electron chi connectivity index (χ3n) is 3.78. The zero-order valence-corrected chi connectivity index (χ0v) is 12.6. The van der Waals surface area contributed by atoms with E-state index in [1.54, 1.807) is 4.68 Å². The van der Waals surface area contributed by atoms with Crippen LogP contribution in [0.1, 0.15) is 5.69 Å². The van der Waals surface area contributed by atoms with Gasteiger partial charge in [0.1, 0.15) is 5.82 Å². The molecule has 0 saturated heterocycles. The average Bonchev–Trinajstić information content (AvgIpc) is 3.07. The summed E-state index contributed by atoms with van der Waals surface area (Å²) in [5.41, 5.74) is 1.83. The Kier molecular flexibility index (Phi) is 3.42. The van der Waals surface area contributed by atoms with Crippen molar-refractivity contribution >= 4 is 10.9 Å². The first-order valence-electron chi connectivity index (χ1n) is 7.45. The number of hydrogen-bond acceptors (Lipinski definition) is 3. The summed E-state index contributed by atoms with van der Waals surface area (Å²) in [7, 11) is 0. The molecule has 118 valence electrons. The Hall–Kier alpha value is -3.28. The second-order valence-corrected chi connectivity index (χ2v) is 5.43. The van der Waals surface area contributed by atoms with Crippen LogP contribution in [0.4, 0.5) is 4.39 Å². The minimum atomic E-state index is -0.409. The van der Waals surface area contributed by atoms with Gasteiger partial charge in [0.2, 0.25) is 0 Å². The van der Waals surface area contributed by atoms with Gasteiger partial charge in [0.05, 0.1) is 35.2 Å². The fourth-order valence-corrected chi connectivity index (χ4v) is 2.59. The van der Waals surface area contributed by atoms with Gasteiger partial charge in [-0.25, -0.2) is 14.1 Å². The van der Waals surface area contributed by atoms with Gasteiger partial charge in [0.25, 0.3) is 5.56 Å². The number of halogens is 1. The largest absolute Gasteiger partial charge is 0.293 e. The van der Waals surface area contributed by atoms with Gasteiger partial charge < -0.3 is 0 Å². The summed E-state index contributed by atoms with van der Waals surface area (Å²) in [6.07, 6.45) is 3.27. The highest BCUT2D eigenvalue weighted by molar-refractivity contribution is 5.77. The lowest BCUT2D eigenvalue weighted by molar-refractivity contribution is 0.628. The van der Waals surface area contributed by atoms with Gasteiger partial charge in [-0.05, 0) is 30.3 Å². The molecular weight excluding hydrogens is 307 g/mol. The molecule has 0 fully saturated rings. The van der Waals surface area contributed by atoms with E-state index in [4.69, 9.17) is 0 Å². The standard InChI is InChI=1S/C18H13FN4O/c19-13-6-7-16-17(10-13)20-12-22(18(16)24)11-14-8-9-23(21-14)15-4-2-1-3-5-15/h1-10,12H,11H2. The summed E-state index contributed by atoms with van der Waals surface area (Å²) >= 11 is 0. The molecule has 0 aliphatic rings. The van der Waals surface area contributed by atoms with Crippen molar-refractivity contribution in [1.29, 1.82) is 0 Å². The lowest BCUT2D eigenvalue weighted by Crippen LogP contribution is -2.21. The summed E-state index contributed by atoms with van der Waals surface area (Å²) in [5, 5.41) is 4.87. The Labute approximate surface area is 136 Å². The van der Waals surface area contributed by atoms with E-state index >= 15 is 0 Å². The number of nitrogens with zero attached hydrogens (tertiary/aromatic N) is 4. The van der Waals surface area contributed by atoms with Gasteiger partial charge in [-0.3, -0.25) is 9.36 Å². The molecule has 4 aromatic rings. The number of aromatic nitrogens is 4. The van der Waals surface area contributed by atoms with Crippen LogP contribution in [0.3, 0.4) is 0 Å². The number of para-hydroxylation sites is 1. The first-order valence-corrected chi connectivity index (χ1v) is 7.45. The molecule has 0 amide bonds. The Morgan fingerprint density at radius 1 is 1.04 bits per heavy atom. The van der Waals surface area contributed by atoms with E-state index in [0.29, 0.717) is 17.4 Å². The van der Waals surface area contributed by atoms with Crippen LogP contribution >= 0.6 is 0 Å². The van der Waals surface area contributed by atoms with Crippen LogP contribution in [0.5, 0.6) is 0 Å². The first kappa shape index (κ1) is 14.3. The number of hydrogen-bond donors (Lipinski definition) is 0. The van der Waals surface area contributed by atoms with Gasteiger partial charge in [-0.2, -0.15) is 5.10 Å². The maximum atomic E-state index is 13.2. The molecule has 2 heterocycles. The second-order valence-electron chi connectivity index (χ2n) is 5.43. The Bertz CT molecular complexity index is 1070. The molecule has 0 spiro atoms. The van der Waals surface area contributed by atoms with Crippen LogP contribution < -0.4 is 5.56 Å². The topological polar surface area (TPSA) is 52.7 Å². The first-order chi connectivity index (χ1) is 11.7. The number of fused-ring (bicyclic) bond motifs is 1. The summed E-state index contributed by atoms with van der Waals surface area (Å²) in [4.78, 5) is 16.6. The molecular formula is C18H13FN4O. The van der Waals surface area contributed by atoms with Crippen LogP contribution in [0.2, 0.25) is 0 Å². The maximum absolute atomic E-state index is 13.2. The van der Waals surface area contributed by atoms with E-state index in [0.717, 1.165) is 11.4 Å². The summed E-state index contributed by atoms with van der Waals surface area (Å²) in [6, 6.07) is 15.6. The van der Waals surface area contributed by atoms with Gasteiger partial charge in [-0.15, -0.1) is 0 Å². The van der Waals surface area contributed by atoms with E-state index < -0.39 is 5.82 Å². The molecule has 4 rings (SSSR count). The highest BCUT2D eigenvalue weighted by atomic mass is 19.1. The monoisotopic (exact) mass is 320 g/mol. The van der Waals surface area contributed by atoms with E-state index in [1.807, 2.05) is 42.6 Å². The van der Waals surface area contributed by atoms with Crippen molar-refractivity contribution in [2.24, 2.45) is 0 Å². The van der Waals surface area contributed by atoms with Crippen molar-refractivity contribution in [1.82, 2.24) is 19.3 Å². The quantitative estimate of drug-likeness (QED) is 0.583. The Morgan fingerprint density at radius 2 is 1.88 bits per heavy atom. The third-order valence-corrected chi connectivity index (χ3v) is 3.78. The van der Waals surface area contributed by atoms with Crippen molar-refractivity contribution < 1.29 is 4.39 Å². The normalized spacial score (nSPS) is 11.0. The van der Waals surface area contributed by atoms with Crippen molar-refractivity contribution in [3.05, 3.63) is 89.0 Å². The van der Waals surface area contributed by atoms with Gasteiger partial charge >= 0.3 is 0 Å². The van der Waals surface area contributed by atoms with Gasteiger partial charge in [-0.1, -0.05) is 18.2 Å². The van der Waals surface area contributed by atoms with Crippen molar-refractivity contribution in [2.45, 2.75) is 6.54 Å². The molecule has 5 nitrogen and oxygen atoms in total. The van der Waals surface area contributed by atoms with Crippen LogP contribution in [0.15, 0.2) is 71.9 Å². The van der Waals surface area contributed by atoms with Gasteiger partial charge in [0.15, 0.2) is 0 Å². The van der Waals surface area contributed by atoms with Crippen molar-refractivity contribution in [2.75, 3.05) is 0 Å². The molecule has 6 heteroatoms. The van der Waals surface area contributed by atoms with Gasteiger partial charge in [0, 0.05) is 12.3 Å². The predicted octanol–water partition coefficient (Wildman–Crippen LogP) is 2.77. The smallest absolute Gasteiger partial charge is 0.261 e. The lowest BCUT2D eigenvalue weighted by atomic mass is 10.2. The summed E-state index contributed by atoms with van der Waals surface area (Å²) < 4.78 is 16.4. The molecule has 24 heavy (non-hydrogen) atoms. The predicted molar refractivity (Wildman–Crippen MR) is 88.6 cm³/mol. The summed E-state index contributed by atoms with van der Waals surface area (Å²) in [5.74, 6) is -0.409. The Balaban J connectivity index is 1.68. The molecule has 0 radical (unpaired) electrons. The second kappa shape index (κ2) is 5.73. The van der Waals surface area contributed by atoms with E-state index in [-0.39, 0.29) is 5.56 Å². The average molecular weight is 320 g/mol. The third kappa shape index (κ3) is 2.58. The highest BCUT2D eigenvalue weighted by Gasteiger charge is 2.07. The fourth-order valence-electron chi connectivity index (χ4n) is 2.59. The zero-order chi connectivity index (χ0) is 16.5. The minimum Gasteiger partial charge on any atom is -0.293 e. The molecule has 2 aromatic carbocycles. The fraction of sp³-hybridized carbons (Fsp3) is 0.0556. The molecule has 0 N–H and O–H groups in total. The van der Waals surface area contributed by atoms with Crippen LogP contribution in [0.25, 0.3) is 16.6 Å². The minimum absolute atomic E-state index is 0.214. The molecule has 0 bridgehead atoms. The molecule has 0 saturated carbocycles. The maximum Gasteiger partial charge on any atom is 0.261 e. The Morgan fingerprint density at radius 3 is 2.71 bits per heavy atom. The van der Waals surface area contributed by atoms with Crippen LogP contribution in [-0.4, -0.2) is 19.3 Å². The van der Waals surface area contributed by atoms with Crippen molar-refractivity contribution in [3.63, 3.8) is 0 Å². The van der Waals surface area contributed by atoms with E-state index in [1.165, 1.54) is 29.1 Å². The summed E-state index contributed by atoms with van der Waals surface area (Å²) in [6.45, 7) is 0.305. The molecule has 0 aliphatic carbocycles. The van der Waals surface area contributed by atoms with E-state index in [2.05, 4.69) is 10.1 Å². The molecule has 0 aliphatic heterocycles. The number of rotatable bonds is 3. The van der Waals surface area contributed by atoms with Crippen LogP contribution in [-0.2, 0) is 6.54 Å². The lowest BCUT2D eigenvalue weighted by Gasteiger charge is -2.05. The highest BCUT2D eigenvalue weighted by Crippen LogP contribution is 2.10. The van der Waals surface area contributed by atoms with Crippen LogP contribution in [0, 0.1) is 5.82 Å². The van der Waals surface area contributed by atoms with Crippen molar-refractivity contribution in [3.8, 4) is 5.69 Å². The number of benzene rings is 2. The molecule has 2 aromatic heterocycles.